The Hall–Kier alpha value is -3.59. The molecule has 3 aromatic rings. The first-order valence-electron chi connectivity index (χ1n) is 10.1. The molecular weight excluding hydrogens is 397 g/mol. The van der Waals surface area contributed by atoms with Crippen LogP contribution in [-0.2, 0) is 13.0 Å². The first-order chi connectivity index (χ1) is 15.0. The average Bonchev–Trinajstić information content (AvgIpc) is 3.24. The lowest BCUT2D eigenvalue weighted by molar-refractivity contribution is 0.229. The van der Waals surface area contributed by atoms with E-state index in [-0.39, 0.29) is 17.6 Å². The second kappa shape index (κ2) is 7.59. The summed E-state index contributed by atoms with van der Waals surface area (Å²) in [6.45, 7) is 1.29. The van der Waals surface area contributed by atoms with Crippen LogP contribution in [0.25, 0.3) is 0 Å². The highest BCUT2D eigenvalue weighted by Gasteiger charge is 2.36. The Morgan fingerprint density at radius 1 is 1.26 bits per heavy atom. The van der Waals surface area contributed by atoms with E-state index in [9.17, 15) is 4.39 Å². The van der Waals surface area contributed by atoms with Gasteiger partial charge in [0.15, 0.2) is 23.3 Å². The molecular formula is C22H24FN7O. The summed E-state index contributed by atoms with van der Waals surface area (Å²) in [6, 6.07) is 13.2. The number of benzene rings is 2. The van der Waals surface area contributed by atoms with Crippen LogP contribution in [0.4, 0.5) is 15.9 Å². The van der Waals surface area contributed by atoms with Gasteiger partial charge in [0.1, 0.15) is 6.17 Å². The van der Waals surface area contributed by atoms with Crippen molar-refractivity contribution in [1.29, 1.82) is 0 Å². The minimum atomic E-state index is -0.436. The molecule has 31 heavy (non-hydrogen) atoms. The van der Waals surface area contributed by atoms with Gasteiger partial charge in [-0.05, 0) is 35.7 Å². The summed E-state index contributed by atoms with van der Waals surface area (Å²) in [7, 11) is 1.47. The molecule has 160 valence electrons. The largest absolute Gasteiger partial charge is 0.494 e. The number of anilines is 1. The second-order valence-electron chi connectivity index (χ2n) is 7.83. The number of H-pyrrole nitrogens is 1. The maximum atomic E-state index is 13.9. The lowest BCUT2D eigenvalue weighted by Crippen LogP contribution is -2.56. The van der Waals surface area contributed by atoms with Gasteiger partial charge >= 0.3 is 0 Å². The van der Waals surface area contributed by atoms with E-state index >= 15 is 0 Å². The summed E-state index contributed by atoms with van der Waals surface area (Å²) >= 11 is 0. The van der Waals surface area contributed by atoms with Gasteiger partial charge in [-0.3, -0.25) is 5.10 Å². The summed E-state index contributed by atoms with van der Waals surface area (Å²) in [4.78, 5) is 8.69. The van der Waals surface area contributed by atoms with Gasteiger partial charge in [-0.1, -0.05) is 24.3 Å². The number of fused-ring (bicyclic) bond motifs is 2. The fraction of sp³-hybridized carbons (Fsp3) is 0.273. The number of rotatable bonds is 4. The number of nitrogens with zero attached hydrogens (tertiary/aromatic N) is 4. The molecule has 2 unspecified atom stereocenters. The molecule has 1 aromatic heterocycles. The number of aromatic amines is 1. The first kappa shape index (κ1) is 19.4. The summed E-state index contributed by atoms with van der Waals surface area (Å²) in [6.07, 6.45) is 2.05. The van der Waals surface area contributed by atoms with E-state index in [4.69, 9.17) is 16.2 Å². The van der Waals surface area contributed by atoms with E-state index in [0.29, 0.717) is 24.9 Å². The van der Waals surface area contributed by atoms with Crippen molar-refractivity contribution in [1.82, 2.24) is 15.1 Å². The predicted molar refractivity (Wildman–Crippen MR) is 117 cm³/mol. The fourth-order valence-corrected chi connectivity index (χ4v) is 4.50. The molecule has 5 N–H and O–H groups in total. The molecule has 0 spiro atoms. The van der Waals surface area contributed by atoms with Gasteiger partial charge in [0.05, 0.1) is 24.9 Å². The number of methoxy groups -OCH3 is 1. The molecule has 0 saturated carbocycles. The maximum Gasteiger partial charge on any atom is 0.199 e. The first-order valence-corrected chi connectivity index (χ1v) is 10.1. The molecule has 0 radical (unpaired) electrons. The van der Waals surface area contributed by atoms with Gasteiger partial charge in [0.2, 0.25) is 0 Å². The van der Waals surface area contributed by atoms with Crippen molar-refractivity contribution < 1.29 is 9.13 Å². The van der Waals surface area contributed by atoms with Crippen molar-refractivity contribution in [3.8, 4) is 5.75 Å². The predicted octanol–water partition coefficient (Wildman–Crippen LogP) is 2.41. The third kappa shape index (κ3) is 3.36. The van der Waals surface area contributed by atoms with Gasteiger partial charge < -0.3 is 26.0 Å². The molecule has 2 aliphatic rings. The van der Waals surface area contributed by atoms with E-state index in [1.54, 1.807) is 18.3 Å². The number of halogens is 1. The van der Waals surface area contributed by atoms with Gasteiger partial charge in [-0.2, -0.15) is 10.1 Å². The number of aliphatic imine (C=N–C) groups is 1. The highest BCUT2D eigenvalue weighted by atomic mass is 19.1. The number of aromatic nitrogens is 2. The van der Waals surface area contributed by atoms with Crippen molar-refractivity contribution in [2.75, 3.05) is 18.6 Å². The summed E-state index contributed by atoms with van der Waals surface area (Å²) < 4.78 is 19.0. The Bertz CT molecular complexity index is 1140. The molecule has 2 aliphatic heterocycles. The zero-order valence-electron chi connectivity index (χ0n) is 17.1. The number of hydrogen-bond donors (Lipinski definition) is 3. The molecule has 2 atom stereocenters. The van der Waals surface area contributed by atoms with Crippen LogP contribution in [0.5, 0.6) is 5.75 Å². The average molecular weight is 421 g/mol. The van der Waals surface area contributed by atoms with E-state index in [0.717, 1.165) is 23.2 Å². The highest BCUT2D eigenvalue weighted by molar-refractivity contribution is 5.84. The lowest BCUT2D eigenvalue weighted by atomic mass is 9.95. The van der Waals surface area contributed by atoms with E-state index < -0.39 is 6.17 Å². The number of ether oxygens (including phenoxy) is 1. The SMILES string of the molecule is COc1cc(CN2CC(N3C(N)=Nc4[nH]ncc4C3N)Cc3ccccc32)ccc1F. The number of para-hydroxylation sites is 1. The third-order valence-electron chi connectivity index (χ3n) is 5.96. The smallest absolute Gasteiger partial charge is 0.199 e. The Kier molecular flexibility index (Phi) is 4.74. The molecule has 0 bridgehead atoms. The van der Waals surface area contributed by atoms with Crippen molar-refractivity contribution >= 4 is 17.5 Å². The molecule has 0 fully saturated rings. The second-order valence-corrected chi connectivity index (χ2v) is 7.83. The van der Waals surface area contributed by atoms with Crippen molar-refractivity contribution in [3.05, 3.63) is 71.2 Å². The fourth-order valence-electron chi connectivity index (χ4n) is 4.50. The Labute approximate surface area is 179 Å². The van der Waals surface area contributed by atoms with Gasteiger partial charge in [-0.15, -0.1) is 0 Å². The normalized spacial score (nSPS) is 20.2. The van der Waals surface area contributed by atoms with Crippen LogP contribution in [0.3, 0.4) is 0 Å². The summed E-state index contributed by atoms with van der Waals surface area (Å²) in [5, 5.41) is 6.89. The zero-order chi connectivity index (χ0) is 21.5. The number of guanidine groups is 1. The molecule has 2 aromatic carbocycles. The van der Waals surface area contributed by atoms with Crippen LogP contribution in [0.2, 0.25) is 0 Å². The minimum absolute atomic E-state index is 0.0130. The summed E-state index contributed by atoms with van der Waals surface area (Å²) in [5.74, 6) is 0.841. The Morgan fingerprint density at radius 2 is 2.10 bits per heavy atom. The maximum absolute atomic E-state index is 13.9. The Balaban J connectivity index is 1.47. The number of hydrogen-bond acceptors (Lipinski definition) is 7. The quantitative estimate of drug-likeness (QED) is 0.597. The monoisotopic (exact) mass is 421 g/mol. The van der Waals surface area contributed by atoms with Crippen LogP contribution in [0, 0.1) is 5.82 Å². The van der Waals surface area contributed by atoms with E-state index in [1.807, 2.05) is 17.0 Å². The van der Waals surface area contributed by atoms with E-state index in [2.05, 4.69) is 32.2 Å². The van der Waals surface area contributed by atoms with Crippen LogP contribution in [0.1, 0.15) is 22.9 Å². The van der Waals surface area contributed by atoms with Crippen LogP contribution in [0.15, 0.2) is 53.7 Å². The molecule has 5 rings (SSSR count). The molecule has 0 saturated heterocycles. The van der Waals surface area contributed by atoms with Crippen LogP contribution < -0.4 is 21.1 Å². The standard InChI is InChI=1S/C22H24FN7O/c1-31-19-8-13(6-7-17(19)23)11-29-12-15(9-14-4-2-3-5-18(14)29)30-20(24)16-10-26-28-21(16)27-22(30)25/h2-8,10,15,20H,9,11-12,24H2,1H3,(H3,25,26,27,28). The molecule has 8 nitrogen and oxygen atoms in total. The van der Waals surface area contributed by atoms with Crippen LogP contribution >= 0.6 is 0 Å². The van der Waals surface area contributed by atoms with E-state index in [1.165, 1.54) is 18.7 Å². The zero-order valence-corrected chi connectivity index (χ0v) is 17.1. The number of nitrogens with one attached hydrogen (secondary N) is 1. The lowest BCUT2D eigenvalue weighted by Gasteiger charge is -2.44. The van der Waals surface area contributed by atoms with Gasteiger partial charge in [0, 0.05) is 18.8 Å². The molecule has 3 heterocycles. The third-order valence-corrected chi connectivity index (χ3v) is 5.96. The summed E-state index contributed by atoms with van der Waals surface area (Å²) in [5.41, 5.74) is 17.0. The van der Waals surface area contributed by atoms with Crippen molar-refractivity contribution in [2.24, 2.45) is 16.5 Å². The van der Waals surface area contributed by atoms with Gasteiger partial charge in [-0.25, -0.2) is 4.39 Å². The van der Waals surface area contributed by atoms with Crippen molar-refractivity contribution in [3.63, 3.8) is 0 Å². The Morgan fingerprint density at radius 3 is 2.94 bits per heavy atom. The van der Waals surface area contributed by atoms with Crippen molar-refractivity contribution in [2.45, 2.75) is 25.2 Å². The molecule has 0 amide bonds. The number of nitrogens with two attached hydrogens (primary N) is 2. The topological polar surface area (TPSA) is 109 Å². The minimum Gasteiger partial charge on any atom is -0.494 e. The highest BCUT2D eigenvalue weighted by Crippen LogP contribution is 2.36. The van der Waals surface area contributed by atoms with Crippen LogP contribution in [-0.4, -0.2) is 40.8 Å². The van der Waals surface area contributed by atoms with Gasteiger partial charge in [0.25, 0.3) is 0 Å². The molecule has 0 aliphatic carbocycles. The molecule has 9 heteroatoms.